The van der Waals surface area contributed by atoms with Crippen LogP contribution in [0.25, 0.3) is 0 Å². The monoisotopic (exact) mass is 263 g/mol. The van der Waals surface area contributed by atoms with Gasteiger partial charge in [0.1, 0.15) is 17.0 Å². The SMILES string of the molecule is CCCOc1ncnc(Sc2ncccn2)c1N. The third kappa shape index (κ3) is 3.07. The Labute approximate surface area is 109 Å². The zero-order chi connectivity index (χ0) is 12.8. The van der Waals surface area contributed by atoms with E-state index in [2.05, 4.69) is 19.9 Å². The van der Waals surface area contributed by atoms with Crippen LogP contribution in [0.2, 0.25) is 0 Å². The summed E-state index contributed by atoms with van der Waals surface area (Å²) in [5.74, 6) is 0.408. The van der Waals surface area contributed by atoms with Crippen LogP contribution in [-0.2, 0) is 0 Å². The summed E-state index contributed by atoms with van der Waals surface area (Å²) in [5.41, 5.74) is 6.37. The molecular weight excluding hydrogens is 250 g/mol. The zero-order valence-electron chi connectivity index (χ0n) is 9.91. The highest BCUT2D eigenvalue weighted by Crippen LogP contribution is 2.31. The second-order valence-electron chi connectivity index (χ2n) is 3.38. The van der Waals surface area contributed by atoms with Crippen LogP contribution in [0.1, 0.15) is 13.3 Å². The molecule has 2 aromatic rings. The minimum absolute atomic E-state index is 0.408. The van der Waals surface area contributed by atoms with Crippen molar-refractivity contribution in [1.29, 1.82) is 0 Å². The van der Waals surface area contributed by atoms with E-state index in [4.69, 9.17) is 10.5 Å². The Morgan fingerprint density at radius 2 is 2.00 bits per heavy atom. The molecule has 0 unspecified atom stereocenters. The van der Waals surface area contributed by atoms with Gasteiger partial charge in [-0.1, -0.05) is 6.92 Å². The van der Waals surface area contributed by atoms with Gasteiger partial charge in [0.05, 0.1) is 6.61 Å². The number of rotatable bonds is 5. The lowest BCUT2D eigenvalue weighted by molar-refractivity contribution is 0.305. The van der Waals surface area contributed by atoms with E-state index in [0.29, 0.717) is 28.4 Å². The van der Waals surface area contributed by atoms with Crippen LogP contribution in [-0.4, -0.2) is 26.5 Å². The van der Waals surface area contributed by atoms with E-state index < -0.39 is 0 Å². The highest BCUT2D eigenvalue weighted by atomic mass is 32.2. The zero-order valence-corrected chi connectivity index (χ0v) is 10.7. The number of ether oxygens (including phenoxy) is 1. The molecule has 2 rings (SSSR count). The Kier molecular flexibility index (Phi) is 4.30. The molecular formula is C11H13N5OS. The molecule has 2 aromatic heterocycles. The standard InChI is InChI=1S/C11H13N5OS/c1-2-6-17-9-8(12)10(16-7-15-9)18-11-13-4-3-5-14-11/h3-5,7H,2,6,12H2,1H3. The van der Waals surface area contributed by atoms with Gasteiger partial charge in [0.15, 0.2) is 5.16 Å². The van der Waals surface area contributed by atoms with E-state index in [9.17, 15) is 0 Å². The summed E-state index contributed by atoms with van der Waals surface area (Å²) in [6, 6.07) is 1.75. The Balaban J connectivity index is 2.18. The second-order valence-corrected chi connectivity index (χ2v) is 4.34. The molecule has 18 heavy (non-hydrogen) atoms. The van der Waals surface area contributed by atoms with Gasteiger partial charge in [-0.3, -0.25) is 0 Å². The summed E-state index contributed by atoms with van der Waals surface area (Å²) in [6.45, 7) is 2.60. The molecule has 0 aromatic carbocycles. The maximum Gasteiger partial charge on any atom is 0.241 e. The fourth-order valence-electron chi connectivity index (χ4n) is 1.18. The number of nitrogen functional groups attached to an aromatic ring is 1. The summed E-state index contributed by atoms with van der Waals surface area (Å²) in [7, 11) is 0. The van der Waals surface area contributed by atoms with Crippen molar-refractivity contribution >= 4 is 17.4 Å². The predicted molar refractivity (Wildman–Crippen MR) is 68.4 cm³/mol. The molecule has 2 N–H and O–H groups in total. The molecule has 0 radical (unpaired) electrons. The van der Waals surface area contributed by atoms with Crippen LogP contribution in [0.15, 0.2) is 35.0 Å². The first kappa shape index (κ1) is 12.6. The average Bonchev–Trinajstić information content (AvgIpc) is 2.41. The smallest absolute Gasteiger partial charge is 0.241 e. The first-order chi connectivity index (χ1) is 8.81. The van der Waals surface area contributed by atoms with Gasteiger partial charge < -0.3 is 10.5 Å². The average molecular weight is 263 g/mol. The number of nitrogens with two attached hydrogens (primary N) is 1. The van der Waals surface area contributed by atoms with Gasteiger partial charge in [-0.05, 0) is 24.2 Å². The maximum absolute atomic E-state index is 5.95. The number of hydrogen-bond acceptors (Lipinski definition) is 7. The van der Waals surface area contributed by atoms with Gasteiger partial charge in [-0.15, -0.1) is 0 Å². The van der Waals surface area contributed by atoms with Crippen LogP contribution in [0.3, 0.4) is 0 Å². The third-order valence-electron chi connectivity index (χ3n) is 1.98. The largest absolute Gasteiger partial charge is 0.476 e. The van der Waals surface area contributed by atoms with Gasteiger partial charge in [-0.2, -0.15) is 4.98 Å². The van der Waals surface area contributed by atoms with Crippen molar-refractivity contribution in [3.8, 4) is 5.88 Å². The lowest BCUT2D eigenvalue weighted by atomic mass is 10.5. The minimum atomic E-state index is 0.408. The molecule has 0 fully saturated rings. The number of nitrogens with zero attached hydrogens (tertiary/aromatic N) is 4. The number of aromatic nitrogens is 4. The summed E-state index contributed by atoms with van der Waals surface area (Å²) >= 11 is 1.28. The van der Waals surface area contributed by atoms with Crippen LogP contribution in [0.5, 0.6) is 5.88 Å². The molecule has 0 saturated carbocycles. The molecule has 0 atom stereocenters. The van der Waals surface area contributed by atoms with Crippen molar-refractivity contribution < 1.29 is 4.74 Å². The lowest BCUT2D eigenvalue weighted by Crippen LogP contribution is -2.03. The molecule has 2 heterocycles. The van der Waals surface area contributed by atoms with Crippen molar-refractivity contribution in [2.24, 2.45) is 0 Å². The van der Waals surface area contributed by atoms with Crippen molar-refractivity contribution in [3.63, 3.8) is 0 Å². The van der Waals surface area contributed by atoms with E-state index >= 15 is 0 Å². The molecule has 0 saturated heterocycles. The van der Waals surface area contributed by atoms with Gasteiger partial charge in [0.2, 0.25) is 5.88 Å². The Hall–Kier alpha value is -1.89. The molecule has 94 valence electrons. The highest BCUT2D eigenvalue weighted by Gasteiger charge is 2.11. The summed E-state index contributed by atoms with van der Waals surface area (Å²) in [5, 5.41) is 1.19. The molecule has 0 aliphatic rings. The molecule has 0 spiro atoms. The molecule has 0 amide bonds. The summed E-state index contributed by atoms with van der Waals surface area (Å²) < 4.78 is 5.43. The Morgan fingerprint density at radius 3 is 2.72 bits per heavy atom. The third-order valence-corrected chi connectivity index (χ3v) is 2.90. The van der Waals surface area contributed by atoms with Gasteiger partial charge in [-0.25, -0.2) is 15.0 Å². The van der Waals surface area contributed by atoms with Gasteiger partial charge in [0.25, 0.3) is 0 Å². The first-order valence-corrected chi connectivity index (χ1v) is 6.31. The van der Waals surface area contributed by atoms with Gasteiger partial charge in [0, 0.05) is 12.4 Å². The second kappa shape index (κ2) is 6.15. The van der Waals surface area contributed by atoms with Crippen LogP contribution in [0.4, 0.5) is 5.69 Å². The summed E-state index contributed by atoms with van der Waals surface area (Å²) in [6.07, 6.45) is 5.66. The van der Waals surface area contributed by atoms with Crippen LogP contribution in [0, 0.1) is 0 Å². The normalized spacial score (nSPS) is 10.3. The Bertz CT molecular complexity index is 508. The molecule has 0 aliphatic carbocycles. The fraction of sp³-hybridized carbons (Fsp3) is 0.273. The van der Waals surface area contributed by atoms with Crippen molar-refractivity contribution in [2.45, 2.75) is 23.5 Å². The van der Waals surface area contributed by atoms with E-state index in [1.807, 2.05) is 6.92 Å². The molecule has 6 nitrogen and oxygen atoms in total. The van der Waals surface area contributed by atoms with E-state index in [-0.39, 0.29) is 0 Å². The van der Waals surface area contributed by atoms with Gasteiger partial charge >= 0.3 is 0 Å². The minimum Gasteiger partial charge on any atom is -0.476 e. The fourth-order valence-corrected chi connectivity index (χ4v) is 1.88. The van der Waals surface area contributed by atoms with Crippen molar-refractivity contribution in [1.82, 2.24) is 19.9 Å². The number of hydrogen-bond donors (Lipinski definition) is 1. The van der Waals surface area contributed by atoms with Crippen molar-refractivity contribution in [3.05, 3.63) is 24.8 Å². The predicted octanol–water partition coefficient (Wildman–Crippen LogP) is 1.79. The van der Waals surface area contributed by atoms with E-state index in [1.54, 1.807) is 18.5 Å². The Morgan fingerprint density at radius 1 is 1.22 bits per heavy atom. The van der Waals surface area contributed by atoms with E-state index in [0.717, 1.165) is 6.42 Å². The summed E-state index contributed by atoms with van der Waals surface area (Å²) in [4.78, 5) is 16.3. The van der Waals surface area contributed by atoms with Crippen LogP contribution >= 0.6 is 11.8 Å². The van der Waals surface area contributed by atoms with Crippen molar-refractivity contribution in [2.75, 3.05) is 12.3 Å². The highest BCUT2D eigenvalue weighted by molar-refractivity contribution is 7.99. The lowest BCUT2D eigenvalue weighted by Gasteiger charge is -2.08. The molecule has 0 aliphatic heterocycles. The van der Waals surface area contributed by atoms with E-state index in [1.165, 1.54) is 18.1 Å². The molecule has 0 bridgehead atoms. The number of anilines is 1. The quantitative estimate of drug-likeness (QED) is 0.650. The molecule has 7 heteroatoms. The maximum atomic E-state index is 5.95. The topological polar surface area (TPSA) is 86.8 Å². The first-order valence-electron chi connectivity index (χ1n) is 5.49. The van der Waals surface area contributed by atoms with Crippen LogP contribution < -0.4 is 10.5 Å².